The van der Waals surface area contributed by atoms with E-state index in [1.54, 1.807) is 24.3 Å². The molecule has 0 radical (unpaired) electrons. The van der Waals surface area contributed by atoms with Gasteiger partial charge in [0.2, 0.25) is 0 Å². The number of amides is 1. The van der Waals surface area contributed by atoms with Gasteiger partial charge in [-0.15, -0.1) is 0 Å². The summed E-state index contributed by atoms with van der Waals surface area (Å²) in [5, 5.41) is 22.9. The van der Waals surface area contributed by atoms with Gasteiger partial charge >= 0.3 is 0 Å². The fourth-order valence-corrected chi connectivity index (χ4v) is 4.21. The van der Waals surface area contributed by atoms with E-state index in [0.717, 1.165) is 6.26 Å². The summed E-state index contributed by atoms with van der Waals surface area (Å²) in [6.07, 6.45) is -0.170. The van der Waals surface area contributed by atoms with Crippen molar-refractivity contribution in [3.63, 3.8) is 0 Å². The number of carbonyl (C=O) groups excluding carboxylic acids is 1. The van der Waals surface area contributed by atoms with Crippen LogP contribution >= 0.6 is 0 Å². The Labute approximate surface area is 181 Å². The van der Waals surface area contributed by atoms with Crippen LogP contribution in [0.3, 0.4) is 0 Å². The monoisotopic (exact) mass is 449 g/mol. The van der Waals surface area contributed by atoms with E-state index in [1.807, 2.05) is 18.2 Å². The Morgan fingerprint density at radius 2 is 1.58 bits per heavy atom. The van der Waals surface area contributed by atoms with Crippen LogP contribution in [0.5, 0.6) is 11.5 Å². The molecule has 2 unspecified atom stereocenters. The molecule has 0 heterocycles. The Balaban J connectivity index is 1.58. The molecule has 0 aromatic heterocycles. The number of aliphatic hydroxyl groups is 2. The first-order valence-electron chi connectivity index (χ1n) is 9.91. The molecule has 1 aliphatic rings. The van der Waals surface area contributed by atoms with Crippen molar-refractivity contribution in [2.75, 3.05) is 26.0 Å². The molecule has 0 aliphatic heterocycles. The van der Waals surface area contributed by atoms with E-state index >= 15 is 0 Å². The van der Waals surface area contributed by atoms with Gasteiger partial charge in [0.05, 0.1) is 23.7 Å². The zero-order valence-electron chi connectivity index (χ0n) is 17.2. The van der Waals surface area contributed by atoms with E-state index < -0.39 is 27.5 Å². The van der Waals surface area contributed by atoms with Gasteiger partial charge in [0.15, 0.2) is 16.4 Å². The maximum atomic E-state index is 12.2. The Hall–Kier alpha value is -2.62. The third-order valence-corrected chi connectivity index (χ3v) is 6.43. The van der Waals surface area contributed by atoms with Crippen molar-refractivity contribution in [2.45, 2.75) is 29.9 Å². The highest BCUT2D eigenvalue weighted by Gasteiger charge is 2.45. The van der Waals surface area contributed by atoms with E-state index in [0.29, 0.717) is 11.5 Å². The molecular formula is C22H27NO7S. The molecule has 0 bridgehead atoms. The fourth-order valence-electron chi connectivity index (χ4n) is 3.58. The highest BCUT2D eigenvalue weighted by molar-refractivity contribution is 7.90. The van der Waals surface area contributed by atoms with E-state index in [9.17, 15) is 23.4 Å². The number of rotatable bonds is 9. The maximum absolute atomic E-state index is 12.2. The number of ether oxygens (including phenoxy) is 2. The number of nitrogens with one attached hydrogen (secondary N) is 1. The molecule has 9 heteroatoms. The maximum Gasteiger partial charge on any atom is 0.257 e. The summed E-state index contributed by atoms with van der Waals surface area (Å²) in [7, 11) is -3.30. The summed E-state index contributed by atoms with van der Waals surface area (Å²) in [6.45, 7) is 0.178. The number of para-hydroxylation sites is 1. The van der Waals surface area contributed by atoms with E-state index in [2.05, 4.69) is 5.32 Å². The molecule has 1 amide bonds. The molecule has 1 saturated carbocycles. The molecule has 0 saturated heterocycles. The van der Waals surface area contributed by atoms with Crippen LogP contribution in [0.2, 0.25) is 0 Å². The average Bonchev–Trinajstić information content (AvgIpc) is 3.03. The van der Waals surface area contributed by atoms with Crippen LogP contribution in [0.25, 0.3) is 0 Å². The molecule has 2 aromatic rings. The molecular weight excluding hydrogens is 422 g/mol. The van der Waals surface area contributed by atoms with Gasteiger partial charge in [-0.3, -0.25) is 4.79 Å². The molecule has 31 heavy (non-hydrogen) atoms. The van der Waals surface area contributed by atoms with Gasteiger partial charge in [0, 0.05) is 18.2 Å². The summed E-state index contributed by atoms with van der Waals surface area (Å²) in [4.78, 5) is 12.4. The Morgan fingerprint density at radius 3 is 2.16 bits per heavy atom. The SMILES string of the molecule is CS(=O)(=O)c1ccc(OCC2(CNC(=O)COc3ccccc3)CC(O)C(O)C2)cc1. The molecule has 0 spiro atoms. The Kier molecular flexibility index (Phi) is 7.19. The second-order valence-electron chi connectivity index (χ2n) is 7.95. The summed E-state index contributed by atoms with van der Waals surface area (Å²) in [5.41, 5.74) is -0.670. The summed E-state index contributed by atoms with van der Waals surface area (Å²) in [5.74, 6) is 0.720. The summed E-state index contributed by atoms with van der Waals surface area (Å²) < 4.78 is 34.4. The van der Waals surface area contributed by atoms with Crippen LogP contribution < -0.4 is 14.8 Å². The summed E-state index contributed by atoms with van der Waals surface area (Å²) in [6, 6.07) is 15.0. The van der Waals surface area contributed by atoms with Crippen LogP contribution in [0, 0.1) is 5.41 Å². The third kappa shape index (κ3) is 6.43. The van der Waals surface area contributed by atoms with Gasteiger partial charge in [-0.1, -0.05) is 18.2 Å². The second-order valence-corrected chi connectivity index (χ2v) is 9.97. The smallest absolute Gasteiger partial charge is 0.257 e. The summed E-state index contributed by atoms with van der Waals surface area (Å²) >= 11 is 0. The third-order valence-electron chi connectivity index (χ3n) is 5.30. The van der Waals surface area contributed by atoms with Crippen LogP contribution in [-0.4, -0.2) is 62.8 Å². The molecule has 1 aliphatic carbocycles. The van der Waals surface area contributed by atoms with Crippen molar-refractivity contribution < 1.29 is 32.9 Å². The van der Waals surface area contributed by atoms with Gasteiger partial charge in [0.25, 0.3) is 5.91 Å². The van der Waals surface area contributed by atoms with E-state index in [4.69, 9.17) is 9.47 Å². The molecule has 3 rings (SSSR count). The van der Waals surface area contributed by atoms with Crippen molar-refractivity contribution in [3.8, 4) is 11.5 Å². The lowest BCUT2D eigenvalue weighted by molar-refractivity contribution is -0.123. The zero-order valence-corrected chi connectivity index (χ0v) is 18.0. The fraction of sp³-hybridized carbons (Fsp3) is 0.409. The van der Waals surface area contributed by atoms with Crippen molar-refractivity contribution >= 4 is 15.7 Å². The van der Waals surface area contributed by atoms with Crippen molar-refractivity contribution in [1.82, 2.24) is 5.32 Å². The molecule has 2 aromatic carbocycles. The number of hydrogen-bond acceptors (Lipinski definition) is 7. The molecule has 1 fully saturated rings. The number of hydrogen-bond donors (Lipinski definition) is 3. The van der Waals surface area contributed by atoms with Gasteiger partial charge in [0.1, 0.15) is 11.5 Å². The zero-order chi connectivity index (χ0) is 22.5. The van der Waals surface area contributed by atoms with E-state index in [1.165, 1.54) is 12.1 Å². The first-order valence-corrected chi connectivity index (χ1v) is 11.8. The molecule has 8 nitrogen and oxygen atoms in total. The number of carbonyl (C=O) groups is 1. The minimum absolute atomic E-state index is 0.138. The predicted octanol–water partition coefficient (Wildman–Crippen LogP) is 1.17. The van der Waals surface area contributed by atoms with Crippen molar-refractivity contribution in [2.24, 2.45) is 5.41 Å². The van der Waals surface area contributed by atoms with Crippen LogP contribution in [0.4, 0.5) is 0 Å². The molecule has 2 atom stereocenters. The average molecular weight is 450 g/mol. The highest BCUT2D eigenvalue weighted by Crippen LogP contribution is 2.38. The minimum atomic E-state index is -3.30. The van der Waals surface area contributed by atoms with Crippen LogP contribution in [-0.2, 0) is 14.6 Å². The van der Waals surface area contributed by atoms with Crippen LogP contribution in [0.1, 0.15) is 12.8 Å². The second kappa shape index (κ2) is 9.67. The highest BCUT2D eigenvalue weighted by atomic mass is 32.2. The normalized spacial score (nSPS) is 23.3. The van der Waals surface area contributed by atoms with Gasteiger partial charge in [-0.05, 0) is 49.2 Å². The Bertz CT molecular complexity index is 967. The number of benzene rings is 2. The number of sulfone groups is 1. The standard InChI is InChI=1S/C22H27NO7S/c1-31(27,28)18-9-7-17(8-10-18)30-15-22(11-19(24)20(25)12-22)14-23-21(26)13-29-16-5-3-2-4-6-16/h2-10,19-20,24-25H,11-15H2,1H3,(H,23,26). The topological polar surface area (TPSA) is 122 Å². The first kappa shape index (κ1) is 23.1. The van der Waals surface area contributed by atoms with Crippen LogP contribution in [0.15, 0.2) is 59.5 Å². The predicted molar refractivity (Wildman–Crippen MR) is 114 cm³/mol. The van der Waals surface area contributed by atoms with Crippen molar-refractivity contribution in [3.05, 3.63) is 54.6 Å². The largest absolute Gasteiger partial charge is 0.493 e. The van der Waals surface area contributed by atoms with E-state index in [-0.39, 0.29) is 43.4 Å². The minimum Gasteiger partial charge on any atom is -0.493 e. The lowest BCUT2D eigenvalue weighted by Gasteiger charge is -2.29. The van der Waals surface area contributed by atoms with Crippen molar-refractivity contribution in [1.29, 1.82) is 0 Å². The van der Waals surface area contributed by atoms with Gasteiger partial charge in [-0.2, -0.15) is 0 Å². The number of aliphatic hydroxyl groups excluding tert-OH is 2. The molecule has 168 valence electrons. The van der Waals surface area contributed by atoms with Gasteiger partial charge in [-0.25, -0.2) is 8.42 Å². The lowest BCUT2D eigenvalue weighted by Crippen LogP contribution is -2.42. The quantitative estimate of drug-likeness (QED) is 0.525. The molecule has 3 N–H and O–H groups in total. The van der Waals surface area contributed by atoms with Gasteiger partial charge < -0.3 is 25.0 Å². The Morgan fingerprint density at radius 1 is 1.00 bits per heavy atom. The lowest BCUT2D eigenvalue weighted by atomic mass is 9.86. The first-order chi connectivity index (χ1) is 14.7.